The molecule has 0 bridgehead atoms. The highest BCUT2D eigenvalue weighted by molar-refractivity contribution is 5.87. The zero-order chi connectivity index (χ0) is 8.43. The molecule has 0 saturated heterocycles. The lowest BCUT2D eigenvalue weighted by atomic mass is 10.2. The number of hydrogen-bond acceptors (Lipinski definition) is 1. The third-order valence-electron chi connectivity index (χ3n) is 1.17. The van der Waals surface area contributed by atoms with E-state index in [1.807, 2.05) is 0 Å². The van der Waals surface area contributed by atoms with Crippen LogP contribution in [0.1, 0.15) is 10.4 Å². The molecule has 1 radical (unpaired) electrons. The average molecular weight is 157 g/mol. The Balaban J connectivity index is 3.32. The van der Waals surface area contributed by atoms with Gasteiger partial charge in [-0.1, -0.05) is 6.07 Å². The number of rotatable bonds is 1. The topological polar surface area (TPSA) is 37.0 Å². The molecule has 0 fully saturated rings. The van der Waals surface area contributed by atoms with Crippen LogP contribution in [0.5, 0.6) is 0 Å². The largest absolute Gasteiger partial charge is 0.392 e. The number of hydrogen-bond donors (Lipinski definition) is 0. The molecule has 0 heterocycles. The fourth-order valence-electron chi connectivity index (χ4n) is 0.693. The summed E-state index contributed by atoms with van der Waals surface area (Å²) in [6.45, 7) is 0. The van der Waals surface area contributed by atoms with Gasteiger partial charge in [-0.15, -0.1) is 0 Å². The van der Waals surface area contributed by atoms with Gasteiger partial charge in [0, 0.05) is 0 Å². The summed E-state index contributed by atoms with van der Waals surface area (Å²) in [5.74, 6) is -4.09. The molecule has 0 aliphatic heterocycles. The molecule has 0 aliphatic rings. The van der Waals surface area contributed by atoms with Gasteiger partial charge in [0.25, 0.3) is 0 Å². The molecule has 0 aromatic heterocycles. The Bertz CT molecular complexity index is 276. The molecule has 4 heteroatoms. The first kappa shape index (κ1) is 7.65. The number of benzene rings is 1. The van der Waals surface area contributed by atoms with Crippen LogP contribution in [0.2, 0.25) is 0 Å². The molecule has 0 atom stereocenters. The van der Waals surface area contributed by atoms with Gasteiger partial charge in [0.1, 0.15) is 17.2 Å². The van der Waals surface area contributed by atoms with E-state index in [9.17, 15) is 18.7 Å². The van der Waals surface area contributed by atoms with Crippen molar-refractivity contribution in [1.29, 1.82) is 0 Å². The minimum absolute atomic E-state index is 0.855. The van der Waals surface area contributed by atoms with Crippen LogP contribution in [-0.2, 0) is 5.11 Å². The molecule has 1 aromatic carbocycles. The van der Waals surface area contributed by atoms with Crippen molar-refractivity contribution in [3.8, 4) is 0 Å². The summed E-state index contributed by atoms with van der Waals surface area (Å²) in [7, 11) is 0. The highest BCUT2D eigenvalue weighted by atomic mass is 19.1. The molecule has 0 saturated carbocycles. The Morgan fingerprint density at radius 3 is 1.91 bits per heavy atom. The summed E-state index contributed by atoms with van der Waals surface area (Å²) in [4.78, 5) is 10.1. The second-order valence-electron chi connectivity index (χ2n) is 1.88. The first-order chi connectivity index (χ1) is 5.13. The Labute approximate surface area is 61.1 Å². The van der Waals surface area contributed by atoms with E-state index in [1.165, 1.54) is 0 Å². The Morgan fingerprint density at radius 2 is 1.64 bits per heavy atom. The molecule has 0 amide bonds. The smallest absolute Gasteiger partial charge is 0.241 e. The van der Waals surface area contributed by atoms with Crippen molar-refractivity contribution in [1.82, 2.24) is 0 Å². The molecule has 1 rings (SSSR count). The quantitative estimate of drug-likeness (QED) is 0.609. The molecular weight excluding hydrogens is 154 g/mol. The van der Waals surface area contributed by atoms with Gasteiger partial charge in [-0.25, -0.2) is 18.7 Å². The third kappa shape index (κ3) is 1.34. The van der Waals surface area contributed by atoms with Crippen LogP contribution in [0.15, 0.2) is 18.2 Å². The van der Waals surface area contributed by atoms with Crippen molar-refractivity contribution in [2.75, 3.05) is 0 Å². The number of carbonyl (C=O) groups excluding carboxylic acids is 1. The molecule has 11 heavy (non-hydrogen) atoms. The van der Waals surface area contributed by atoms with Crippen molar-refractivity contribution >= 4 is 5.97 Å². The number of carbonyl (C=O) groups is 1. The van der Waals surface area contributed by atoms with Crippen LogP contribution >= 0.6 is 0 Å². The highest BCUT2D eigenvalue weighted by Crippen LogP contribution is 2.11. The van der Waals surface area contributed by atoms with E-state index in [0.717, 1.165) is 18.2 Å². The van der Waals surface area contributed by atoms with Crippen LogP contribution in [0.4, 0.5) is 8.78 Å². The van der Waals surface area contributed by atoms with Crippen LogP contribution in [0.3, 0.4) is 0 Å². The maximum absolute atomic E-state index is 12.4. The maximum Gasteiger partial charge on any atom is 0.392 e. The summed E-state index contributed by atoms with van der Waals surface area (Å²) in [5, 5.41) is 10.1. The van der Waals surface area contributed by atoms with E-state index in [-0.39, 0.29) is 0 Å². The standard InChI is InChI=1S/C7H3F2O2/c8-4-2-1-3-5(9)6(4)7(10)11/h1-3H. The van der Waals surface area contributed by atoms with Gasteiger partial charge in [-0.3, -0.25) is 0 Å². The monoisotopic (exact) mass is 157 g/mol. The molecule has 2 nitrogen and oxygen atoms in total. The first-order valence-electron chi connectivity index (χ1n) is 2.78. The Kier molecular flexibility index (Phi) is 1.85. The van der Waals surface area contributed by atoms with Gasteiger partial charge in [0.2, 0.25) is 0 Å². The van der Waals surface area contributed by atoms with Crippen LogP contribution in [-0.4, -0.2) is 5.97 Å². The van der Waals surface area contributed by atoms with Crippen molar-refractivity contribution in [3.05, 3.63) is 35.4 Å². The minimum atomic E-state index is -1.85. The summed E-state index contributed by atoms with van der Waals surface area (Å²) in [5.41, 5.74) is -1.02. The lowest BCUT2D eigenvalue weighted by molar-refractivity contribution is 0.0562. The lowest BCUT2D eigenvalue weighted by Crippen LogP contribution is -2.02. The summed E-state index contributed by atoms with van der Waals surface area (Å²) in [6, 6.07) is 2.79. The second kappa shape index (κ2) is 2.65. The minimum Gasteiger partial charge on any atom is -0.241 e. The molecule has 0 spiro atoms. The fraction of sp³-hybridized carbons (Fsp3) is 0. The van der Waals surface area contributed by atoms with Gasteiger partial charge in [0.15, 0.2) is 0 Å². The zero-order valence-electron chi connectivity index (χ0n) is 5.30. The van der Waals surface area contributed by atoms with Crippen LogP contribution < -0.4 is 0 Å². The summed E-state index contributed by atoms with van der Waals surface area (Å²) < 4.78 is 24.9. The van der Waals surface area contributed by atoms with Crippen LogP contribution in [0, 0.1) is 11.6 Å². The predicted octanol–water partition coefficient (Wildman–Crippen LogP) is 1.54. The van der Waals surface area contributed by atoms with Crippen molar-refractivity contribution in [2.24, 2.45) is 0 Å². The van der Waals surface area contributed by atoms with E-state index in [2.05, 4.69) is 0 Å². The van der Waals surface area contributed by atoms with Gasteiger partial charge in [-0.2, -0.15) is 0 Å². The fourth-order valence-corrected chi connectivity index (χ4v) is 0.693. The normalized spacial score (nSPS) is 9.64. The Hall–Kier alpha value is -1.45. The molecule has 57 valence electrons. The molecule has 1 aromatic rings. The van der Waals surface area contributed by atoms with Crippen molar-refractivity contribution < 1.29 is 18.7 Å². The highest BCUT2D eigenvalue weighted by Gasteiger charge is 2.16. The second-order valence-corrected chi connectivity index (χ2v) is 1.88. The van der Waals surface area contributed by atoms with Crippen LogP contribution in [0.25, 0.3) is 0 Å². The van der Waals surface area contributed by atoms with Gasteiger partial charge >= 0.3 is 5.97 Å². The molecular formula is C7H3F2O2. The molecule has 0 aliphatic carbocycles. The number of halogens is 2. The van der Waals surface area contributed by atoms with E-state index < -0.39 is 23.2 Å². The summed E-state index contributed by atoms with van der Waals surface area (Å²) in [6.07, 6.45) is 0. The summed E-state index contributed by atoms with van der Waals surface area (Å²) >= 11 is 0. The SMILES string of the molecule is [O]C(=O)c1c(F)cccc1F. The lowest BCUT2D eigenvalue weighted by Gasteiger charge is -1.94. The van der Waals surface area contributed by atoms with Crippen molar-refractivity contribution in [2.45, 2.75) is 0 Å². The van der Waals surface area contributed by atoms with Crippen molar-refractivity contribution in [3.63, 3.8) is 0 Å². The molecule has 0 unspecified atom stereocenters. The Morgan fingerprint density at radius 1 is 1.18 bits per heavy atom. The van der Waals surface area contributed by atoms with E-state index in [4.69, 9.17) is 0 Å². The van der Waals surface area contributed by atoms with E-state index in [1.54, 1.807) is 0 Å². The zero-order valence-corrected chi connectivity index (χ0v) is 5.30. The van der Waals surface area contributed by atoms with E-state index in [0.29, 0.717) is 0 Å². The van der Waals surface area contributed by atoms with Gasteiger partial charge < -0.3 is 0 Å². The van der Waals surface area contributed by atoms with Gasteiger partial charge in [0.05, 0.1) is 0 Å². The third-order valence-corrected chi connectivity index (χ3v) is 1.17. The molecule has 0 N–H and O–H groups in total. The first-order valence-corrected chi connectivity index (χ1v) is 2.78. The van der Waals surface area contributed by atoms with E-state index >= 15 is 0 Å². The van der Waals surface area contributed by atoms with Gasteiger partial charge in [-0.05, 0) is 12.1 Å². The maximum atomic E-state index is 12.4. The average Bonchev–Trinajstić information content (AvgIpc) is 1.85. The predicted molar refractivity (Wildman–Crippen MR) is 31.4 cm³/mol.